The minimum atomic E-state index is -0.384. The maximum Gasteiger partial charge on any atom is 0.258 e. The maximum atomic E-state index is 12.8. The second kappa shape index (κ2) is 9.19. The van der Waals surface area contributed by atoms with Gasteiger partial charge in [0.15, 0.2) is 0 Å². The molecule has 0 radical (unpaired) electrons. The van der Waals surface area contributed by atoms with Gasteiger partial charge in [-0.1, -0.05) is 48.5 Å². The highest BCUT2D eigenvalue weighted by Gasteiger charge is 2.21. The zero-order chi connectivity index (χ0) is 19.1. The number of hydrazone groups is 1. The highest BCUT2D eigenvalue weighted by atomic mass is 32.2. The highest BCUT2D eigenvalue weighted by molar-refractivity contribution is 8.00. The van der Waals surface area contributed by atoms with Crippen LogP contribution in [0.5, 0.6) is 0 Å². The standard InChI is InChI=1S/C21H22N4OS/c1-3-25-16(2)18(15-23-25)14-22-24-21(26)20(17-10-6-4-7-11-17)27-19-12-8-5-9-13-19/h4-15,20H,3H2,1-2H3,(H,24,26). The minimum absolute atomic E-state index is 0.160. The fourth-order valence-electron chi connectivity index (χ4n) is 2.67. The third-order valence-electron chi connectivity index (χ3n) is 4.16. The van der Waals surface area contributed by atoms with Crippen LogP contribution in [0.15, 0.2) is 76.9 Å². The molecule has 138 valence electrons. The van der Waals surface area contributed by atoms with E-state index in [4.69, 9.17) is 0 Å². The Morgan fingerprint density at radius 3 is 2.48 bits per heavy atom. The summed E-state index contributed by atoms with van der Waals surface area (Å²) in [6, 6.07) is 19.6. The molecule has 0 saturated heterocycles. The Labute approximate surface area is 163 Å². The van der Waals surface area contributed by atoms with Crippen molar-refractivity contribution < 1.29 is 4.79 Å². The lowest BCUT2D eigenvalue weighted by Gasteiger charge is -2.15. The van der Waals surface area contributed by atoms with Crippen LogP contribution in [-0.2, 0) is 11.3 Å². The molecular formula is C21H22N4OS. The smallest absolute Gasteiger partial charge is 0.258 e. The highest BCUT2D eigenvalue weighted by Crippen LogP contribution is 2.35. The zero-order valence-electron chi connectivity index (χ0n) is 15.4. The predicted octanol–water partition coefficient (Wildman–Crippen LogP) is 4.20. The summed E-state index contributed by atoms with van der Waals surface area (Å²) < 4.78 is 1.89. The first-order valence-electron chi connectivity index (χ1n) is 8.81. The molecule has 0 saturated carbocycles. The fraction of sp³-hybridized carbons (Fsp3) is 0.190. The predicted molar refractivity (Wildman–Crippen MR) is 110 cm³/mol. The molecule has 1 heterocycles. The third-order valence-corrected chi connectivity index (χ3v) is 5.42. The van der Waals surface area contributed by atoms with Crippen LogP contribution in [0.4, 0.5) is 0 Å². The van der Waals surface area contributed by atoms with E-state index >= 15 is 0 Å². The number of amides is 1. The number of nitrogens with one attached hydrogen (secondary N) is 1. The molecule has 27 heavy (non-hydrogen) atoms. The summed E-state index contributed by atoms with van der Waals surface area (Å²) in [6.07, 6.45) is 3.39. The molecule has 0 aliphatic rings. The molecule has 6 heteroatoms. The van der Waals surface area contributed by atoms with Gasteiger partial charge in [0.25, 0.3) is 5.91 Å². The molecule has 2 aromatic carbocycles. The van der Waals surface area contributed by atoms with E-state index in [1.165, 1.54) is 11.8 Å². The molecular weight excluding hydrogens is 356 g/mol. The van der Waals surface area contributed by atoms with Crippen LogP contribution < -0.4 is 5.43 Å². The zero-order valence-corrected chi connectivity index (χ0v) is 16.2. The Morgan fingerprint density at radius 1 is 1.19 bits per heavy atom. The second-order valence-electron chi connectivity index (χ2n) is 5.96. The van der Waals surface area contributed by atoms with Crippen molar-refractivity contribution >= 4 is 23.9 Å². The van der Waals surface area contributed by atoms with Gasteiger partial charge in [0.05, 0.1) is 12.4 Å². The van der Waals surface area contributed by atoms with Crippen molar-refractivity contribution in [2.75, 3.05) is 0 Å². The number of benzene rings is 2. The second-order valence-corrected chi connectivity index (χ2v) is 7.14. The molecule has 5 nitrogen and oxygen atoms in total. The molecule has 0 fully saturated rings. The van der Waals surface area contributed by atoms with E-state index in [1.807, 2.05) is 79.2 Å². The lowest BCUT2D eigenvalue weighted by Crippen LogP contribution is -2.23. The van der Waals surface area contributed by atoms with Crippen LogP contribution in [0.1, 0.15) is 29.0 Å². The lowest BCUT2D eigenvalue weighted by atomic mass is 10.1. The van der Waals surface area contributed by atoms with Crippen LogP contribution in [0, 0.1) is 6.92 Å². The number of carbonyl (C=O) groups excluding carboxylic acids is 1. The van der Waals surface area contributed by atoms with Crippen LogP contribution in [0.2, 0.25) is 0 Å². The molecule has 0 aliphatic heterocycles. The van der Waals surface area contributed by atoms with E-state index < -0.39 is 0 Å². The average Bonchev–Trinajstić information content (AvgIpc) is 3.07. The molecule has 0 bridgehead atoms. The van der Waals surface area contributed by atoms with Crippen LogP contribution in [-0.4, -0.2) is 21.9 Å². The van der Waals surface area contributed by atoms with Gasteiger partial charge < -0.3 is 0 Å². The summed E-state index contributed by atoms with van der Waals surface area (Å²) in [5.41, 5.74) is 5.53. The maximum absolute atomic E-state index is 12.8. The van der Waals surface area contributed by atoms with E-state index in [1.54, 1.807) is 12.4 Å². The Hall–Kier alpha value is -2.86. The summed E-state index contributed by atoms with van der Waals surface area (Å²) >= 11 is 1.50. The van der Waals surface area contributed by atoms with Crippen molar-refractivity contribution in [3.05, 3.63) is 83.7 Å². The molecule has 3 rings (SSSR count). The van der Waals surface area contributed by atoms with Crippen molar-refractivity contribution in [3.8, 4) is 0 Å². The number of rotatable bonds is 7. The molecule has 1 amide bonds. The van der Waals surface area contributed by atoms with Crippen LogP contribution in [0.25, 0.3) is 0 Å². The number of nitrogens with zero attached hydrogens (tertiary/aromatic N) is 3. The molecule has 1 N–H and O–H groups in total. The van der Waals surface area contributed by atoms with Gasteiger partial charge in [-0.15, -0.1) is 11.8 Å². The van der Waals surface area contributed by atoms with Crippen molar-refractivity contribution in [1.82, 2.24) is 15.2 Å². The number of hydrogen-bond donors (Lipinski definition) is 1. The van der Waals surface area contributed by atoms with Crippen molar-refractivity contribution in [2.24, 2.45) is 5.10 Å². The molecule has 1 unspecified atom stereocenters. The average molecular weight is 379 g/mol. The molecule has 0 aliphatic carbocycles. The number of hydrogen-bond acceptors (Lipinski definition) is 4. The number of aromatic nitrogens is 2. The van der Waals surface area contributed by atoms with Gasteiger partial charge in [-0.3, -0.25) is 9.48 Å². The Morgan fingerprint density at radius 2 is 1.85 bits per heavy atom. The summed E-state index contributed by atoms with van der Waals surface area (Å²) in [6.45, 7) is 4.82. The van der Waals surface area contributed by atoms with E-state index in [-0.39, 0.29) is 11.2 Å². The van der Waals surface area contributed by atoms with Gasteiger partial charge in [-0.05, 0) is 31.5 Å². The van der Waals surface area contributed by atoms with Gasteiger partial charge in [-0.25, -0.2) is 5.43 Å². The number of thioether (sulfide) groups is 1. The Kier molecular flexibility index (Phi) is 6.44. The topological polar surface area (TPSA) is 59.3 Å². The van der Waals surface area contributed by atoms with Crippen LogP contribution in [0.3, 0.4) is 0 Å². The summed E-state index contributed by atoms with van der Waals surface area (Å²) in [7, 11) is 0. The van der Waals surface area contributed by atoms with Crippen LogP contribution >= 0.6 is 11.8 Å². The molecule has 1 atom stereocenters. The van der Waals surface area contributed by atoms with Crippen molar-refractivity contribution in [3.63, 3.8) is 0 Å². The fourth-order valence-corrected chi connectivity index (χ4v) is 3.71. The first kappa shape index (κ1) is 18.9. The summed E-state index contributed by atoms with van der Waals surface area (Å²) in [4.78, 5) is 13.9. The SMILES string of the molecule is CCn1ncc(C=NNC(=O)C(Sc2ccccc2)c2ccccc2)c1C. The molecule has 0 spiro atoms. The molecule has 3 aromatic rings. The first-order valence-corrected chi connectivity index (χ1v) is 9.69. The largest absolute Gasteiger partial charge is 0.271 e. The lowest BCUT2D eigenvalue weighted by molar-refractivity contribution is -0.120. The van der Waals surface area contributed by atoms with Gasteiger partial charge in [0.1, 0.15) is 5.25 Å². The summed E-state index contributed by atoms with van der Waals surface area (Å²) in [5, 5.41) is 8.04. The normalized spacial score (nSPS) is 12.2. The van der Waals surface area contributed by atoms with E-state index in [9.17, 15) is 4.79 Å². The van der Waals surface area contributed by atoms with Gasteiger partial charge >= 0.3 is 0 Å². The third kappa shape index (κ3) is 4.86. The van der Waals surface area contributed by atoms with Crippen molar-refractivity contribution in [1.29, 1.82) is 0 Å². The van der Waals surface area contributed by atoms with Crippen molar-refractivity contribution in [2.45, 2.75) is 30.5 Å². The minimum Gasteiger partial charge on any atom is -0.271 e. The van der Waals surface area contributed by atoms with Gasteiger partial charge in [0.2, 0.25) is 0 Å². The van der Waals surface area contributed by atoms with E-state index in [2.05, 4.69) is 15.6 Å². The Bertz CT molecular complexity index is 906. The number of carbonyl (C=O) groups is 1. The van der Waals surface area contributed by atoms with Gasteiger partial charge in [0, 0.05) is 22.7 Å². The quantitative estimate of drug-likeness (QED) is 0.381. The van der Waals surface area contributed by atoms with E-state index in [0.29, 0.717) is 0 Å². The Balaban J connectivity index is 1.74. The summed E-state index contributed by atoms with van der Waals surface area (Å²) in [5.74, 6) is -0.160. The van der Waals surface area contributed by atoms with E-state index in [0.717, 1.165) is 28.3 Å². The molecule has 1 aromatic heterocycles. The van der Waals surface area contributed by atoms with Gasteiger partial charge in [-0.2, -0.15) is 10.2 Å². The first-order chi connectivity index (χ1) is 13.2. The monoisotopic (exact) mass is 378 g/mol. The number of aryl methyl sites for hydroxylation is 1.